The van der Waals surface area contributed by atoms with Crippen molar-refractivity contribution in [1.29, 1.82) is 5.26 Å². The van der Waals surface area contributed by atoms with Crippen LogP contribution in [0.5, 0.6) is 0 Å². The molecule has 0 atom stereocenters. The molecule has 0 saturated carbocycles. The van der Waals surface area contributed by atoms with Crippen molar-refractivity contribution in [3.63, 3.8) is 0 Å². The highest BCUT2D eigenvalue weighted by Gasteiger charge is 2.28. The summed E-state index contributed by atoms with van der Waals surface area (Å²) in [7, 11) is 0. The second-order valence-electron chi connectivity index (χ2n) is 5.85. The first-order chi connectivity index (χ1) is 12.6. The molecule has 134 valence electrons. The van der Waals surface area contributed by atoms with Crippen molar-refractivity contribution in [1.82, 2.24) is 15.1 Å². The summed E-state index contributed by atoms with van der Waals surface area (Å²) < 4.78 is 19.8. The Morgan fingerprint density at radius 2 is 2.08 bits per heavy atom. The summed E-state index contributed by atoms with van der Waals surface area (Å²) in [5.74, 6) is -1.48. The smallest absolute Gasteiger partial charge is 0.359 e. The topological polar surface area (TPSA) is 97.0 Å². The standard InChI is InChI=1S/C18H17FN4O3/c19-12-5-7-13(8-6-12)23-15-4-1-3-14(15)17(22-23)18(25)26-11-16(24)21-10-2-9-20/h5-8H,1-4,10-11H2,(H,21,24). The van der Waals surface area contributed by atoms with Gasteiger partial charge in [0.15, 0.2) is 12.3 Å². The molecule has 1 aromatic carbocycles. The predicted octanol–water partition coefficient (Wildman–Crippen LogP) is 1.69. The summed E-state index contributed by atoms with van der Waals surface area (Å²) in [6.07, 6.45) is 2.55. The molecule has 0 radical (unpaired) electrons. The van der Waals surface area contributed by atoms with Gasteiger partial charge >= 0.3 is 5.97 Å². The molecule has 2 aromatic rings. The highest BCUT2D eigenvalue weighted by Crippen LogP contribution is 2.28. The van der Waals surface area contributed by atoms with Crippen LogP contribution < -0.4 is 5.32 Å². The number of halogens is 1. The number of carbonyl (C=O) groups excluding carboxylic acids is 2. The highest BCUT2D eigenvalue weighted by molar-refractivity contribution is 5.91. The van der Waals surface area contributed by atoms with E-state index in [0.29, 0.717) is 12.1 Å². The summed E-state index contributed by atoms with van der Waals surface area (Å²) in [5, 5.41) is 15.2. The number of aromatic nitrogens is 2. The molecule has 0 spiro atoms. The third-order valence-electron chi connectivity index (χ3n) is 4.09. The molecule has 26 heavy (non-hydrogen) atoms. The number of nitrogens with one attached hydrogen (secondary N) is 1. The first kappa shape index (κ1) is 17.6. The molecule has 0 bridgehead atoms. The lowest BCUT2D eigenvalue weighted by molar-refractivity contribution is -0.124. The number of amides is 1. The maximum absolute atomic E-state index is 13.1. The molecule has 1 aliphatic carbocycles. The van der Waals surface area contributed by atoms with Gasteiger partial charge in [-0.2, -0.15) is 10.4 Å². The average molecular weight is 356 g/mol. The molecule has 8 heteroatoms. The minimum Gasteiger partial charge on any atom is -0.451 e. The Hall–Kier alpha value is -3.21. The van der Waals surface area contributed by atoms with E-state index in [1.165, 1.54) is 12.1 Å². The van der Waals surface area contributed by atoms with Crippen LogP contribution in [0, 0.1) is 17.1 Å². The van der Waals surface area contributed by atoms with Gasteiger partial charge in [-0.3, -0.25) is 4.79 Å². The van der Waals surface area contributed by atoms with E-state index in [1.807, 2.05) is 6.07 Å². The van der Waals surface area contributed by atoms with Crippen LogP contribution in [0.4, 0.5) is 4.39 Å². The summed E-state index contributed by atoms with van der Waals surface area (Å²) in [5.41, 5.74) is 2.57. The van der Waals surface area contributed by atoms with Crippen molar-refractivity contribution in [3.05, 3.63) is 47.0 Å². The van der Waals surface area contributed by atoms with E-state index in [-0.39, 0.29) is 24.5 Å². The Morgan fingerprint density at radius 1 is 1.31 bits per heavy atom. The zero-order valence-corrected chi connectivity index (χ0v) is 14.0. The number of rotatable bonds is 6. The van der Waals surface area contributed by atoms with E-state index in [0.717, 1.165) is 24.1 Å². The van der Waals surface area contributed by atoms with E-state index < -0.39 is 18.5 Å². The van der Waals surface area contributed by atoms with Gasteiger partial charge in [-0.1, -0.05) is 0 Å². The zero-order chi connectivity index (χ0) is 18.5. The zero-order valence-electron chi connectivity index (χ0n) is 14.0. The number of nitriles is 1. The fourth-order valence-electron chi connectivity index (χ4n) is 2.91. The Labute approximate surface area is 149 Å². The normalized spacial score (nSPS) is 12.3. The van der Waals surface area contributed by atoms with Crippen molar-refractivity contribution in [2.24, 2.45) is 0 Å². The Kier molecular flexibility index (Phi) is 5.27. The lowest BCUT2D eigenvalue weighted by Crippen LogP contribution is -2.29. The third-order valence-corrected chi connectivity index (χ3v) is 4.09. The van der Waals surface area contributed by atoms with Gasteiger partial charge in [0.25, 0.3) is 5.91 Å². The molecule has 1 aliphatic rings. The fraction of sp³-hybridized carbons (Fsp3) is 0.333. The van der Waals surface area contributed by atoms with E-state index in [9.17, 15) is 14.0 Å². The van der Waals surface area contributed by atoms with Gasteiger partial charge in [-0.15, -0.1) is 0 Å². The molecule has 1 aromatic heterocycles. The fourth-order valence-corrected chi connectivity index (χ4v) is 2.91. The van der Waals surface area contributed by atoms with Gasteiger partial charge in [0.05, 0.1) is 18.2 Å². The van der Waals surface area contributed by atoms with Crippen LogP contribution in [-0.4, -0.2) is 34.8 Å². The number of nitrogens with zero attached hydrogens (tertiary/aromatic N) is 3. The summed E-state index contributed by atoms with van der Waals surface area (Å²) in [6, 6.07) is 7.77. The molecular formula is C18H17FN4O3. The van der Waals surface area contributed by atoms with Crippen LogP contribution in [0.3, 0.4) is 0 Å². The number of benzene rings is 1. The highest BCUT2D eigenvalue weighted by atomic mass is 19.1. The second-order valence-corrected chi connectivity index (χ2v) is 5.85. The number of ether oxygens (including phenoxy) is 1. The molecule has 0 saturated heterocycles. The van der Waals surface area contributed by atoms with Crippen LogP contribution in [0.1, 0.15) is 34.6 Å². The molecule has 3 rings (SSSR count). The van der Waals surface area contributed by atoms with Crippen LogP contribution in [0.25, 0.3) is 5.69 Å². The summed E-state index contributed by atoms with van der Waals surface area (Å²) in [6.45, 7) is -0.218. The monoisotopic (exact) mass is 356 g/mol. The molecular weight excluding hydrogens is 339 g/mol. The van der Waals surface area contributed by atoms with Gasteiger partial charge in [0, 0.05) is 17.8 Å². The maximum atomic E-state index is 13.1. The largest absolute Gasteiger partial charge is 0.451 e. The van der Waals surface area contributed by atoms with Gasteiger partial charge in [0.2, 0.25) is 0 Å². The number of carbonyl (C=O) groups is 2. The molecule has 1 N–H and O–H groups in total. The minimum absolute atomic E-state index is 0.187. The first-order valence-electron chi connectivity index (χ1n) is 8.27. The molecule has 1 heterocycles. The SMILES string of the molecule is N#CCCNC(=O)COC(=O)c1nn(-c2ccc(F)cc2)c2c1CCC2. The maximum Gasteiger partial charge on any atom is 0.359 e. The second kappa shape index (κ2) is 7.78. The van der Waals surface area contributed by atoms with Gasteiger partial charge in [0.1, 0.15) is 5.82 Å². The van der Waals surface area contributed by atoms with Crippen molar-refractivity contribution in [3.8, 4) is 11.8 Å². The van der Waals surface area contributed by atoms with Crippen LogP contribution in [0.2, 0.25) is 0 Å². The predicted molar refractivity (Wildman–Crippen MR) is 89.1 cm³/mol. The summed E-state index contributed by atoms with van der Waals surface area (Å²) in [4.78, 5) is 23.9. The van der Waals surface area contributed by atoms with Crippen molar-refractivity contribution >= 4 is 11.9 Å². The minimum atomic E-state index is -0.667. The Bertz CT molecular complexity index is 868. The van der Waals surface area contributed by atoms with E-state index in [1.54, 1.807) is 16.8 Å². The van der Waals surface area contributed by atoms with Crippen molar-refractivity contribution < 1.29 is 18.7 Å². The molecule has 1 amide bonds. The average Bonchev–Trinajstić information content (AvgIpc) is 3.23. The van der Waals surface area contributed by atoms with Crippen LogP contribution >= 0.6 is 0 Å². The van der Waals surface area contributed by atoms with E-state index >= 15 is 0 Å². The van der Waals surface area contributed by atoms with Crippen molar-refractivity contribution in [2.75, 3.05) is 13.2 Å². The van der Waals surface area contributed by atoms with Crippen LogP contribution in [0.15, 0.2) is 24.3 Å². The lowest BCUT2D eigenvalue weighted by atomic mass is 10.2. The molecule has 0 fully saturated rings. The quantitative estimate of drug-likeness (QED) is 0.627. The lowest BCUT2D eigenvalue weighted by Gasteiger charge is -2.05. The van der Waals surface area contributed by atoms with Crippen molar-refractivity contribution in [2.45, 2.75) is 25.7 Å². The molecule has 0 aliphatic heterocycles. The first-order valence-corrected chi connectivity index (χ1v) is 8.27. The van der Waals surface area contributed by atoms with Crippen LogP contribution in [-0.2, 0) is 22.4 Å². The number of hydrogen-bond donors (Lipinski definition) is 1. The Balaban J connectivity index is 1.73. The molecule has 0 unspecified atom stereocenters. The summed E-state index contributed by atoms with van der Waals surface area (Å²) >= 11 is 0. The number of fused-ring (bicyclic) bond motifs is 1. The molecule has 7 nitrogen and oxygen atoms in total. The van der Waals surface area contributed by atoms with E-state index in [4.69, 9.17) is 10.00 Å². The number of hydrogen-bond acceptors (Lipinski definition) is 5. The van der Waals surface area contributed by atoms with Gasteiger partial charge < -0.3 is 10.1 Å². The van der Waals surface area contributed by atoms with E-state index in [2.05, 4.69) is 10.4 Å². The van der Waals surface area contributed by atoms with Gasteiger partial charge in [-0.25, -0.2) is 13.9 Å². The van der Waals surface area contributed by atoms with Gasteiger partial charge in [-0.05, 0) is 43.5 Å². The third kappa shape index (κ3) is 3.72. The number of esters is 1. The Morgan fingerprint density at radius 3 is 2.81 bits per heavy atom.